The van der Waals surface area contributed by atoms with Gasteiger partial charge in [-0.1, -0.05) is 15.9 Å². The largest absolute Gasteiger partial charge is 0.346 e. The fourth-order valence-electron chi connectivity index (χ4n) is 1.29. The van der Waals surface area contributed by atoms with Gasteiger partial charge in [0.05, 0.1) is 12.6 Å². The summed E-state index contributed by atoms with van der Waals surface area (Å²) in [6, 6.07) is 4.91. The molecule has 1 aromatic rings. The van der Waals surface area contributed by atoms with Gasteiger partial charge >= 0.3 is 0 Å². The number of carbonyl (C=O) groups is 2. The summed E-state index contributed by atoms with van der Waals surface area (Å²) >= 11 is 3.34. The number of carbonyl (C=O) groups excluding carboxylic acids is 2. The molecule has 1 rings (SSSR count). The van der Waals surface area contributed by atoms with Crippen LogP contribution in [0.1, 0.15) is 12.5 Å². The molecule has 0 aliphatic carbocycles. The molecule has 98 valence electrons. The molecule has 0 spiro atoms. The molecule has 0 saturated heterocycles. The first kappa shape index (κ1) is 14.7. The third kappa shape index (κ3) is 4.46. The number of amides is 2. The summed E-state index contributed by atoms with van der Waals surface area (Å²) in [6.07, 6.45) is 0. The van der Waals surface area contributed by atoms with E-state index in [2.05, 4.69) is 26.6 Å². The molecule has 0 unspecified atom stereocenters. The summed E-state index contributed by atoms with van der Waals surface area (Å²) < 4.78 is 0.947. The van der Waals surface area contributed by atoms with Crippen LogP contribution in [0, 0.1) is 6.92 Å². The number of nitrogens with one attached hydrogen (secondary N) is 2. The van der Waals surface area contributed by atoms with E-state index in [1.807, 2.05) is 19.1 Å². The smallest absolute Gasteiger partial charge is 0.243 e. The maximum atomic E-state index is 11.6. The monoisotopic (exact) mass is 313 g/mol. The van der Waals surface area contributed by atoms with Crippen molar-refractivity contribution in [3.05, 3.63) is 28.2 Å². The summed E-state index contributed by atoms with van der Waals surface area (Å²) in [6.45, 7) is 3.36. The standard InChI is InChI=1S/C12H16BrN3O2/c1-7-5-9(13)3-4-10(7)16-11(17)6-15-12(18)8(2)14/h3-5,8H,6,14H2,1-2H3,(H,15,18)(H,16,17)/t8-/m1/s1. The van der Waals surface area contributed by atoms with E-state index in [0.717, 1.165) is 15.7 Å². The highest BCUT2D eigenvalue weighted by atomic mass is 79.9. The van der Waals surface area contributed by atoms with E-state index in [9.17, 15) is 9.59 Å². The van der Waals surface area contributed by atoms with Gasteiger partial charge in [-0.2, -0.15) is 0 Å². The highest BCUT2D eigenvalue weighted by Crippen LogP contribution is 2.19. The Bertz CT molecular complexity index is 461. The maximum Gasteiger partial charge on any atom is 0.243 e. The van der Waals surface area contributed by atoms with Gasteiger partial charge in [-0.05, 0) is 37.6 Å². The molecule has 0 saturated carbocycles. The number of anilines is 1. The molecule has 0 aliphatic rings. The van der Waals surface area contributed by atoms with E-state index in [1.165, 1.54) is 0 Å². The zero-order valence-corrected chi connectivity index (χ0v) is 11.9. The molecule has 2 amide bonds. The minimum Gasteiger partial charge on any atom is -0.346 e. The lowest BCUT2D eigenvalue weighted by Crippen LogP contribution is -2.41. The summed E-state index contributed by atoms with van der Waals surface area (Å²) in [7, 11) is 0. The first-order valence-electron chi connectivity index (χ1n) is 5.49. The number of aryl methyl sites for hydroxylation is 1. The summed E-state index contributed by atoms with van der Waals surface area (Å²) in [4.78, 5) is 22.8. The number of hydrogen-bond acceptors (Lipinski definition) is 3. The lowest BCUT2D eigenvalue weighted by Gasteiger charge is -2.10. The van der Waals surface area contributed by atoms with E-state index in [0.29, 0.717) is 0 Å². The highest BCUT2D eigenvalue weighted by molar-refractivity contribution is 9.10. The van der Waals surface area contributed by atoms with Gasteiger partial charge in [0.1, 0.15) is 0 Å². The molecule has 1 aromatic carbocycles. The third-order valence-corrected chi connectivity index (χ3v) is 2.79. The van der Waals surface area contributed by atoms with Crippen LogP contribution in [0.15, 0.2) is 22.7 Å². The Morgan fingerprint density at radius 3 is 2.67 bits per heavy atom. The molecular weight excluding hydrogens is 298 g/mol. The van der Waals surface area contributed by atoms with Crippen LogP contribution in [0.4, 0.5) is 5.69 Å². The SMILES string of the molecule is Cc1cc(Br)ccc1NC(=O)CNC(=O)[C@@H](C)N. The molecule has 4 N–H and O–H groups in total. The summed E-state index contributed by atoms with van der Waals surface area (Å²) in [5.74, 6) is -0.632. The van der Waals surface area contributed by atoms with Crippen LogP contribution in [0.2, 0.25) is 0 Å². The van der Waals surface area contributed by atoms with Crippen LogP contribution in [-0.2, 0) is 9.59 Å². The maximum absolute atomic E-state index is 11.6. The van der Waals surface area contributed by atoms with Crippen LogP contribution in [0.25, 0.3) is 0 Å². The van der Waals surface area contributed by atoms with Gasteiger partial charge < -0.3 is 16.4 Å². The highest BCUT2D eigenvalue weighted by Gasteiger charge is 2.10. The van der Waals surface area contributed by atoms with E-state index < -0.39 is 6.04 Å². The van der Waals surface area contributed by atoms with E-state index in [-0.39, 0.29) is 18.4 Å². The summed E-state index contributed by atoms with van der Waals surface area (Å²) in [5.41, 5.74) is 7.03. The van der Waals surface area contributed by atoms with Gasteiger partial charge in [-0.3, -0.25) is 9.59 Å². The average molecular weight is 314 g/mol. The Morgan fingerprint density at radius 2 is 2.11 bits per heavy atom. The summed E-state index contributed by atoms with van der Waals surface area (Å²) in [5, 5.41) is 5.16. The Kier molecular flexibility index (Phi) is 5.30. The third-order valence-electron chi connectivity index (χ3n) is 2.30. The fourth-order valence-corrected chi connectivity index (χ4v) is 1.77. The minimum atomic E-state index is -0.618. The van der Waals surface area contributed by atoms with Crippen molar-refractivity contribution in [1.82, 2.24) is 5.32 Å². The zero-order valence-electron chi connectivity index (χ0n) is 10.3. The Balaban J connectivity index is 2.52. The van der Waals surface area contributed by atoms with Crippen LogP contribution in [0.5, 0.6) is 0 Å². The lowest BCUT2D eigenvalue weighted by molar-refractivity contribution is -0.124. The van der Waals surface area contributed by atoms with Crippen LogP contribution >= 0.6 is 15.9 Å². The Hall–Kier alpha value is -1.40. The van der Waals surface area contributed by atoms with E-state index >= 15 is 0 Å². The second-order valence-electron chi connectivity index (χ2n) is 4.01. The predicted octanol–water partition coefficient (Wildman–Crippen LogP) is 1.16. The first-order valence-corrected chi connectivity index (χ1v) is 6.28. The van der Waals surface area contributed by atoms with Gasteiger partial charge in [0.15, 0.2) is 0 Å². The first-order chi connectivity index (χ1) is 8.40. The molecule has 1 atom stereocenters. The van der Waals surface area contributed by atoms with Crippen molar-refractivity contribution in [3.8, 4) is 0 Å². The number of hydrogen-bond donors (Lipinski definition) is 3. The zero-order chi connectivity index (χ0) is 13.7. The topological polar surface area (TPSA) is 84.2 Å². The van der Waals surface area contributed by atoms with Crippen molar-refractivity contribution >= 4 is 33.4 Å². The van der Waals surface area contributed by atoms with Crippen molar-refractivity contribution in [2.45, 2.75) is 19.9 Å². The predicted molar refractivity (Wildman–Crippen MR) is 74.2 cm³/mol. The molecule has 18 heavy (non-hydrogen) atoms. The van der Waals surface area contributed by atoms with Crippen LogP contribution in [0.3, 0.4) is 0 Å². The number of halogens is 1. The second-order valence-corrected chi connectivity index (χ2v) is 4.93. The molecule has 0 heterocycles. The van der Waals surface area contributed by atoms with Gasteiger partial charge in [-0.25, -0.2) is 0 Å². The van der Waals surface area contributed by atoms with Gasteiger partial charge in [0.2, 0.25) is 11.8 Å². The number of benzene rings is 1. The van der Waals surface area contributed by atoms with E-state index in [1.54, 1.807) is 13.0 Å². The second kappa shape index (κ2) is 6.51. The van der Waals surface area contributed by atoms with Crippen molar-refractivity contribution in [3.63, 3.8) is 0 Å². The Morgan fingerprint density at radius 1 is 1.44 bits per heavy atom. The van der Waals surface area contributed by atoms with Crippen LogP contribution < -0.4 is 16.4 Å². The van der Waals surface area contributed by atoms with Crippen LogP contribution in [-0.4, -0.2) is 24.4 Å². The molecule has 0 aromatic heterocycles. The van der Waals surface area contributed by atoms with Crippen molar-refractivity contribution in [1.29, 1.82) is 0 Å². The number of rotatable bonds is 4. The quantitative estimate of drug-likeness (QED) is 0.780. The average Bonchev–Trinajstić information content (AvgIpc) is 2.29. The minimum absolute atomic E-state index is 0.0874. The molecule has 0 fully saturated rings. The fraction of sp³-hybridized carbons (Fsp3) is 0.333. The van der Waals surface area contributed by atoms with Crippen molar-refractivity contribution < 1.29 is 9.59 Å². The number of nitrogens with two attached hydrogens (primary N) is 1. The molecule has 0 aliphatic heterocycles. The lowest BCUT2D eigenvalue weighted by atomic mass is 10.2. The van der Waals surface area contributed by atoms with Crippen molar-refractivity contribution in [2.75, 3.05) is 11.9 Å². The van der Waals surface area contributed by atoms with E-state index in [4.69, 9.17) is 5.73 Å². The normalized spacial score (nSPS) is 11.8. The molecule has 5 nitrogen and oxygen atoms in total. The molecule has 0 bridgehead atoms. The molecular formula is C12H16BrN3O2. The van der Waals surface area contributed by atoms with Crippen molar-refractivity contribution in [2.24, 2.45) is 5.73 Å². The van der Waals surface area contributed by atoms with Gasteiger partial charge in [0.25, 0.3) is 0 Å². The molecule has 0 radical (unpaired) electrons. The Labute approximate surface area is 114 Å². The van der Waals surface area contributed by atoms with Gasteiger partial charge in [-0.15, -0.1) is 0 Å². The molecule has 6 heteroatoms. The van der Waals surface area contributed by atoms with Gasteiger partial charge in [0, 0.05) is 10.2 Å².